The number of carbonyl (C=O) groups is 1. The smallest absolute Gasteiger partial charge is 0.291 e. The van der Waals surface area contributed by atoms with Crippen LogP contribution in [0.25, 0.3) is 11.0 Å². The highest BCUT2D eigenvalue weighted by Gasteiger charge is 2.28. The highest BCUT2D eigenvalue weighted by molar-refractivity contribution is 7.99. The molecule has 1 amide bonds. The lowest BCUT2D eigenvalue weighted by Crippen LogP contribution is -2.55. The van der Waals surface area contributed by atoms with Crippen LogP contribution in [-0.2, 0) is 16.1 Å². The van der Waals surface area contributed by atoms with Crippen LogP contribution in [0.1, 0.15) is 13.8 Å². The summed E-state index contributed by atoms with van der Waals surface area (Å²) in [5.41, 5.74) is 1.06. The van der Waals surface area contributed by atoms with E-state index in [9.17, 15) is 13.6 Å². The van der Waals surface area contributed by atoms with Gasteiger partial charge in [0.05, 0.1) is 24.2 Å². The van der Waals surface area contributed by atoms with E-state index in [1.54, 1.807) is 28.8 Å². The summed E-state index contributed by atoms with van der Waals surface area (Å²) >= 11 is 0.356. The largest absolute Gasteiger partial charge is 0.379 e. The zero-order valence-electron chi connectivity index (χ0n) is 15.5. The van der Waals surface area contributed by atoms with Crippen LogP contribution in [-0.4, -0.2) is 64.5 Å². The fourth-order valence-corrected chi connectivity index (χ4v) is 3.77. The Morgan fingerprint density at radius 2 is 2.04 bits per heavy atom. The number of para-hydroxylation sites is 2. The number of halogens is 2. The van der Waals surface area contributed by atoms with E-state index in [4.69, 9.17) is 4.74 Å². The number of carbonyl (C=O) groups excluding carboxylic acids is 1. The van der Waals surface area contributed by atoms with Crippen LogP contribution in [0, 0.1) is 0 Å². The van der Waals surface area contributed by atoms with Gasteiger partial charge < -0.3 is 14.6 Å². The van der Waals surface area contributed by atoms with E-state index in [-0.39, 0.29) is 23.1 Å². The Kier molecular flexibility index (Phi) is 6.33. The van der Waals surface area contributed by atoms with Crippen LogP contribution in [0.5, 0.6) is 0 Å². The van der Waals surface area contributed by atoms with Gasteiger partial charge in [0.25, 0.3) is 5.76 Å². The van der Waals surface area contributed by atoms with Gasteiger partial charge in [0, 0.05) is 25.2 Å². The van der Waals surface area contributed by atoms with Gasteiger partial charge >= 0.3 is 0 Å². The molecule has 9 heteroatoms. The van der Waals surface area contributed by atoms with E-state index in [2.05, 4.69) is 29.0 Å². The van der Waals surface area contributed by atoms with Gasteiger partial charge in [-0.05, 0) is 37.7 Å². The average molecular weight is 398 g/mol. The molecule has 27 heavy (non-hydrogen) atoms. The number of hydrogen-bond donors (Lipinski definition) is 1. The molecule has 1 aromatic heterocycles. The van der Waals surface area contributed by atoms with Crippen molar-refractivity contribution in [2.75, 3.05) is 32.8 Å². The van der Waals surface area contributed by atoms with Gasteiger partial charge in [-0.25, -0.2) is 4.98 Å². The quantitative estimate of drug-likeness (QED) is 0.727. The van der Waals surface area contributed by atoms with Crippen molar-refractivity contribution in [2.45, 2.75) is 36.8 Å². The van der Waals surface area contributed by atoms with Crippen molar-refractivity contribution in [3.8, 4) is 0 Å². The first-order valence-corrected chi connectivity index (χ1v) is 9.74. The second-order valence-electron chi connectivity index (χ2n) is 7.04. The van der Waals surface area contributed by atoms with Crippen LogP contribution >= 0.6 is 11.8 Å². The highest BCUT2D eigenvalue weighted by atomic mass is 32.2. The number of thioether (sulfide) groups is 1. The Hall–Kier alpha value is -1.71. The maximum atomic E-state index is 12.9. The number of fused-ring (bicyclic) bond motifs is 1. The second kappa shape index (κ2) is 8.53. The Bertz CT molecular complexity index is 791. The zero-order valence-corrected chi connectivity index (χ0v) is 16.3. The lowest BCUT2D eigenvalue weighted by Gasteiger charge is -2.40. The number of morpholine rings is 1. The number of hydrogen-bond acceptors (Lipinski definition) is 5. The predicted molar refractivity (Wildman–Crippen MR) is 101 cm³/mol. The van der Waals surface area contributed by atoms with Crippen molar-refractivity contribution in [1.29, 1.82) is 0 Å². The van der Waals surface area contributed by atoms with Crippen molar-refractivity contribution in [3.63, 3.8) is 0 Å². The van der Waals surface area contributed by atoms with Crippen molar-refractivity contribution in [3.05, 3.63) is 24.3 Å². The zero-order chi connectivity index (χ0) is 19.4. The number of aromatic nitrogens is 2. The Morgan fingerprint density at radius 1 is 1.33 bits per heavy atom. The minimum absolute atomic E-state index is 0.0469. The highest BCUT2D eigenvalue weighted by Crippen LogP contribution is 2.28. The molecule has 3 rings (SSSR count). The normalized spacial score (nSPS) is 16.2. The molecule has 1 fully saturated rings. The number of benzene rings is 1. The summed E-state index contributed by atoms with van der Waals surface area (Å²) in [6, 6.07) is 7.13. The molecule has 1 N–H and O–H groups in total. The van der Waals surface area contributed by atoms with E-state index < -0.39 is 5.76 Å². The third kappa shape index (κ3) is 4.97. The molecule has 0 atom stereocenters. The molecule has 2 heterocycles. The molecule has 6 nitrogen and oxygen atoms in total. The van der Waals surface area contributed by atoms with E-state index in [1.165, 1.54) is 0 Å². The Balaban J connectivity index is 1.68. The van der Waals surface area contributed by atoms with Gasteiger partial charge in [-0.3, -0.25) is 9.69 Å². The van der Waals surface area contributed by atoms with E-state index in [0.717, 1.165) is 13.1 Å². The van der Waals surface area contributed by atoms with Crippen molar-refractivity contribution in [2.24, 2.45) is 0 Å². The molecular formula is C18H24F2N4O2S. The molecule has 0 saturated carbocycles. The molecule has 1 aromatic carbocycles. The summed E-state index contributed by atoms with van der Waals surface area (Å²) in [6.07, 6.45) is 0. The van der Waals surface area contributed by atoms with Gasteiger partial charge in [0.1, 0.15) is 6.54 Å². The Morgan fingerprint density at radius 3 is 2.74 bits per heavy atom. The van der Waals surface area contributed by atoms with Gasteiger partial charge in [0.2, 0.25) is 5.91 Å². The maximum Gasteiger partial charge on any atom is 0.291 e. The van der Waals surface area contributed by atoms with Gasteiger partial charge in [-0.1, -0.05) is 12.1 Å². The summed E-state index contributed by atoms with van der Waals surface area (Å²) < 4.78 is 32.7. The van der Waals surface area contributed by atoms with Crippen LogP contribution in [0.15, 0.2) is 29.4 Å². The first-order chi connectivity index (χ1) is 12.9. The number of nitrogens with zero attached hydrogens (tertiary/aromatic N) is 3. The molecule has 1 aliphatic rings. The molecule has 1 saturated heterocycles. The van der Waals surface area contributed by atoms with E-state index >= 15 is 0 Å². The minimum atomic E-state index is -2.59. The number of amides is 1. The molecule has 0 unspecified atom stereocenters. The topological polar surface area (TPSA) is 59.4 Å². The molecule has 2 aromatic rings. The van der Waals surface area contributed by atoms with Gasteiger partial charge in [-0.2, -0.15) is 8.78 Å². The Labute approximate surface area is 161 Å². The predicted octanol–water partition coefficient (Wildman–Crippen LogP) is 2.58. The average Bonchev–Trinajstić information content (AvgIpc) is 2.97. The third-order valence-electron chi connectivity index (χ3n) is 4.70. The maximum absolute atomic E-state index is 12.9. The lowest BCUT2D eigenvalue weighted by molar-refractivity contribution is -0.122. The lowest BCUT2D eigenvalue weighted by atomic mass is 10.0. The summed E-state index contributed by atoms with van der Waals surface area (Å²) in [5, 5.41) is 3.08. The van der Waals surface area contributed by atoms with Crippen LogP contribution in [0.2, 0.25) is 0 Å². The summed E-state index contributed by atoms with van der Waals surface area (Å²) in [4.78, 5) is 19.0. The SMILES string of the molecule is CC(C)(CNC(=O)Cn1c(SC(F)F)nc2ccccc21)N1CCOCC1. The van der Waals surface area contributed by atoms with Crippen molar-refractivity contribution < 1.29 is 18.3 Å². The fourth-order valence-electron chi connectivity index (χ4n) is 3.17. The molecule has 148 valence electrons. The standard InChI is InChI=1S/C18H24F2N4O2S/c1-18(2,23-7-9-26-10-8-23)12-21-15(25)11-24-14-6-4-3-5-13(14)22-17(24)27-16(19)20/h3-6,16H,7-12H2,1-2H3,(H,21,25). The molecule has 0 aliphatic carbocycles. The molecule has 0 bridgehead atoms. The number of ether oxygens (including phenoxy) is 1. The second-order valence-corrected chi connectivity index (χ2v) is 7.99. The number of alkyl halides is 2. The monoisotopic (exact) mass is 398 g/mol. The van der Waals surface area contributed by atoms with Crippen LogP contribution in [0.4, 0.5) is 8.78 Å². The van der Waals surface area contributed by atoms with E-state index in [1.807, 2.05) is 0 Å². The van der Waals surface area contributed by atoms with Crippen molar-refractivity contribution >= 4 is 28.7 Å². The minimum Gasteiger partial charge on any atom is -0.379 e. The fraction of sp³-hybridized carbons (Fsp3) is 0.556. The summed E-state index contributed by atoms with van der Waals surface area (Å²) in [7, 11) is 0. The van der Waals surface area contributed by atoms with E-state index in [0.29, 0.717) is 42.6 Å². The van der Waals surface area contributed by atoms with Crippen molar-refractivity contribution in [1.82, 2.24) is 19.8 Å². The molecule has 1 aliphatic heterocycles. The summed E-state index contributed by atoms with van der Waals surface area (Å²) in [5.74, 6) is -2.82. The molecule has 0 radical (unpaired) electrons. The van der Waals surface area contributed by atoms with Gasteiger partial charge in [-0.15, -0.1) is 0 Å². The van der Waals surface area contributed by atoms with Gasteiger partial charge in [0.15, 0.2) is 5.16 Å². The third-order valence-corrected chi connectivity index (χ3v) is 5.40. The number of rotatable bonds is 7. The number of nitrogens with one attached hydrogen (secondary N) is 1. The first-order valence-electron chi connectivity index (χ1n) is 8.86. The van der Waals surface area contributed by atoms with Crippen LogP contribution < -0.4 is 5.32 Å². The molecule has 0 spiro atoms. The molecular weight excluding hydrogens is 374 g/mol. The number of imidazole rings is 1. The van der Waals surface area contributed by atoms with Crippen LogP contribution in [0.3, 0.4) is 0 Å². The summed E-state index contributed by atoms with van der Waals surface area (Å²) in [6.45, 7) is 7.59. The first kappa shape index (κ1) is 20.0.